The zero-order valence-corrected chi connectivity index (χ0v) is 21.7. The van der Waals surface area contributed by atoms with Crippen molar-refractivity contribution in [3.05, 3.63) is 66.0 Å². The summed E-state index contributed by atoms with van der Waals surface area (Å²) in [7, 11) is -3.75. The molecule has 0 fully saturated rings. The van der Waals surface area contributed by atoms with Crippen LogP contribution in [0.25, 0.3) is 0 Å². The van der Waals surface area contributed by atoms with E-state index < -0.39 is 21.9 Å². The first-order chi connectivity index (χ1) is 16.5. The third kappa shape index (κ3) is 8.98. The van der Waals surface area contributed by atoms with Gasteiger partial charge in [-0.2, -0.15) is 0 Å². The molecule has 9 heteroatoms. The van der Waals surface area contributed by atoms with Crippen LogP contribution in [0.3, 0.4) is 0 Å². The molecule has 0 bridgehead atoms. The monoisotopic (exact) mass is 505 g/mol. The maximum atomic E-state index is 14.2. The van der Waals surface area contributed by atoms with Crippen LogP contribution in [-0.4, -0.2) is 57.1 Å². The molecule has 0 aliphatic heterocycles. The molecule has 0 spiro atoms. The first-order valence-corrected chi connectivity index (χ1v) is 13.7. The van der Waals surface area contributed by atoms with Crippen LogP contribution in [-0.2, 0) is 26.0 Å². The molecule has 7 nitrogen and oxygen atoms in total. The van der Waals surface area contributed by atoms with Crippen molar-refractivity contribution in [2.75, 3.05) is 30.2 Å². The third-order valence-electron chi connectivity index (χ3n) is 5.61. The fraction of sp³-hybridized carbons (Fsp3) is 0.462. The maximum Gasteiger partial charge on any atom is 0.242 e. The summed E-state index contributed by atoms with van der Waals surface area (Å²) < 4.78 is 39.8. The first-order valence-electron chi connectivity index (χ1n) is 11.8. The summed E-state index contributed by atoms with van der Waals surface area (Å²) in [4.78, 5) is 27.4. The van der Waals surface area contributed by atoms with Crippen LogP contribution < -0.4 is 9.62 Å². The molecule has 0 aliphatic rings. The minimum Gasteiger partial charge on any atom is -0.354 e. The van der Waals surface area contributed by atoms with Crippen molar-refractivity contribution in [3.8, 4) is 0 Å². The van der Waals surface area contributed by atoms with E-state index in [0.717, 1.165) is 16.1 Å². The number of carbonyl (C=O) groups excluding carboxylic acids is 2. The molecule has 2 amide bonds. The number of hydrogen-bond acceptors (Lipinski definition) is 4. The Hall–Kier alpha value is -2.94. The first kappa shape index (κ1) is 28.3. The lowest BCUT2D eigenvalue weighted by Crippen LogP contribution is -2.49. The van der Waals surface area contributed by atoms with E-state index in [0.29, 0.717) is 19.5 Å². The predicted molar refractivity (Wildman–Crippen MR) is 137 cm³/mol. The van der Waals surface area contributed by atoms with Gasteiger partial charge in [-0.1, -0.05) is 56.3 Å². The van der Waals surface area contributed by atoms with Crippen LogP contribution in [0.15, 0.2) is 54.6 Å². The molecule has 0 aliphatic carbocycles. The van der Waals surface area contributed by atoms with Gasteiger partial charge >= 0.3 is 0 Å². The summed E-state index contributed by atoms with van der Waals surface area (Å²) in [6.45, 7) is 6.49. The average Bonchev–Trinajstić information content (AvgIpc) is 2.80. The number of nitrogens with one attached hydrogen (secondary N) is 1. The van der Waals surface area contributed by atoms with Gasteiger partial charge in [0.1, 0.15) is 11.9 Å². The predicted octanol–water partition coefficient (Wildman–Crippen LogP) is 3.60. The topological polar surface area (TPSA) is 86.8 Å². The third-order valence-corrected chi connectivity index (χ3v) is 6.79. The second-order valence-electron chi connectivity index (χ2n) is 9.03. The molecule has 2 aromatic rings. The van der Waals surface area contributed by atoms with Crippen LogP contribution in [0, 0.1) is 11.7 Å². The number of benzene rings is 2. The van der Waals surface area contributed by atoms with Crippen molar-refractivity contribution in [1.82, 2.24) is 10.2 Å². The number of rotatable bonds is 13. The molecule has 192 valence electrons. The second-order valence-corrected chi connectivity index (χ2v) is 10.9. The van der Waals surface area contributed by atoms with Crippen molar-refractivity contribution < 1.29 is 22.4 Å². The SMILES string of the molecule is CC(C)CNC(=O)C(C)N(CCc1ccccc1)C(=O)CCCN(c1ccccc1F)S(C)(=O)=O. The van der Waals surface area contributed by atoms with Gasteiger partial charge in [-0.05, 0) is 43.4 Å². The van der Waals surface area contributed by atoms with Gasteiger partial charge < -0.3 is 10.2 Å². The molecule has 0 radical (unpaired) electrons. The lowest BCUT2D eigenvalue weighted by molar-refractivity contribution is -0.140. The van der Waals surface area contributed by atoms with Crippen LogP contribution >= 0.6 is 0 Å². The molecule has 0 heterocycles. The van der Waals surface area contributed by atoms with E-state index in [1.807, 2.05) is 44.2 Å². The number of nitrogens with zero attached hydrogens (tertiary/aromatic N) is 2. The van der Waals surface area contributed by atoms with Crippen molar-refractivity contribution in [3.63, 3.8) is 0 Å². The Labute approximate surface area is 208 Å². The summed E-state index contributed by atoms with van der Waals surface area (Å²) in [6, 6.07) is 14.6. The molecule has 0 saturated carbocycles. The minimum atomic E-state index is -3.75. The number of amides is 2. The maximum absolute atomic E-state index is 14.2. The Bertz CT molecular complexity index is 1080. The smallest absolute Gasteiger partial charge is 0.242 e. The number of carbonyl (C=O) groups is 2. The van der Waals surface area contributed by atoms with Gasteiger partial charge in [-0.3, -0.25) is 13.9 Å². The van der Waals surface area contributed by atoms with Crippen LogP contribution in [0.5, 0.6) is 0 Å². The number of sulfonamides is 1. The standard InChI is InChI=1S/C26H36FN3O4S/c1-20(2)19-28-26(32)21(3)29(18-16-22-11-6-5-7-12-22)25(31)15-10-17-30(35(4,33)34)24-14-9-8-13-23(24)27/h5-9,11-14,20-21H,10,15-19H2,1-4H3,(H,28,32). The van der Waals surface area contributed by atoms with E-state index >= 15 is 0 Å². The summed E-state index contributed by atoms with van der Waals surface area (Å²) in [6.07, 6.45) is 1.80. The quantitative estimate of drug-likeness (QED) is 0.451. The van der Waals surface area contributed by atoms with Gasteiger partial charge in [0.25, 0.3) is 0 Å². The van der Waals surface area contributed by atoms with E-state index in [9.17, 15) is 22.4 Å². The number of anilines is 1. The van der Waals surface area contributed by atoms with Gasteiger partial charge in [0.05, 0.1) is 11.9 Å². The fourth-order valence-corrected chi connectivity index (χ4v) is 4.63. The highest BCUT2D eigenvalue weighted by Crippen LogP contribution is 2.22. The zero-order valence-electron chi connectivity index (χ0n) is 20.9. The average molecular weight is 506 g/mol. The largest absolute Gasteiger partial charge is 0.354 e. The van der Waals surface area contributed by atoms with E-state index in [-0.39, 0.29) is 42.8 Å². The molecule has 2 rings (SSSR count). The van der Waals surface area contributed by atoms with E-state index in [1.54, 1.807) is 13.0 Å². The van der Waals surface area contributed by atoms with Gasteiger partial charge in [0.2, 0.25) is 21.8 Å². The van der Waals surface area contributed by atoms with E-state index in [2.05, 4.69) is 5.32 Å². The Kier molecular flexibility index (Phi) is 10.7. The van der Waals surface area contributed by atoms with Crippen molar-refractivity contribution in [2.24, 2.45) is 5.92 Å². The highest BCUT2D eigenvalue weighted by atomic mass is 32.2. The second kappa shape index (κ2) is 13.2. The molecular formula is C26H36FN3O4S. The molecule has 1 unspecified atom stereocenters. The fourth-order valence-electron chi connectivity index (χ4n) is 3.66. The molecule has 0 saturated heterocycles. The highest BCUT2D eigenvalue weighted by molar-refractivity contribution is 7.92. The summed E-state index contributed by atoms with van der Waals surface area (Å²) in [5.74, 6) is -0.858. The molecule has 0 aromatic heterocycles. The molecular weight excluding hydrogens is 469 g/mol. The van der Waals surface area contributed by atoms with Gasteiger partial charge in [-0.15, -0.1) is 0 Å². The summed E-state index contributed by atoms with van der Waals surface area (Å²) >= 11 is 0. The van der Waals surface area contributed by atoms with Crippen molar-refractivity contribution in [2.45, 2.75) is 46.1 Å². The zero-order chi connectivity index (χ0) is 26.0. The highest BCUT2D eigenvalue weighted by Gasteiger charge is 2.26. The Morgan fingerprint density at radius 3 is 2.20 bits per heavy atom. The van der Waals surface area contributed by atoms with Crippen molar-refractivity contribution in [1.29, 1.82) is 0 Å². The summed E-state index contributed by atoms with van der Waals surface area (Å²) in [5, 5.41) is 2.88. The molecule has 2 aromatic carbocycles. The Morgan fingerprint density at radius 1 is 0.971 bits per heavy atom. The molecule has 1 N–H and O–H groups in total. The Balaban J connectivity index is 2.11. The Morgan fingerprint density at radius 2 is 1.60 bits per heavy atom. The number of halogens is 1. The van der Waals surface area contributed by atoms with E-state index in [1.165, 1.54) is 23.1 Å². The lowest BCUT2D eigenvalue weighted by atomic mass is 10.1. The van der Waals surface area contributed by atoms with E-state index in [4.69, 9.17) is 0 Å². The molecule has 1 atom stereocenters. The minimum absolute atomic E-state index is 0.0249. The van der Waals surface area contributed by atoms with Gasteiger partial charge in [0.15, 0.2) is 0 Å². The van der Waals surface area contributed by atoms with Gasteiger partial charge in [0, 0.05) is 26.1 Å². The lowest BCUT2D eigenvalue weighted by Gasteiger charge is -2.29. The van der Waals surface area contributed by atoms with Crippen molar-refractivity contribution >= 4 is 27.5 Å². The summed E-state index contributed by atoms with van der Waals surface area (Å²) in [5.41, 5.74) is 0.993. The van der Waals surface area contributed by atoms with Crippen LogP contribution in [0.4, 0.5) is 10.1 Å². The molecule has 35 heavy (non-hydrogen) atoms. The van der Waals surface area contributed by atoms with Crippen LogP contribution in [0.2, 0.25) is 0 Å². The van der Waals surface area contributed by atoms with Gasteiger partial charge in [-0.25, -0.2) is 12.8 Å². The number of hydrogen-bond donors (Lipinski definition) is 1. The van der Waals surface area contributed by atoms with Crippen LogP contribution in [0.1, 0.15) is 39.2 Å². The normalized spacial score (nSPS) is 12.3. The number of para-hydroxylation sites is 1.